The molecule has 0 saturated heterocycles. The van der Waals surface area contributed by atoms with Crippen molar-refractivity contribution in [2.75, 3.05) is 0 Å². The molecule has 1 atom stereocenters. The molecule has 0 aliphatic heterocycles. The maximum absolute atomic E-state index is 13.1. The van der Waals surface area contributed by atoms with Gasteiger partial charge in [0.2, 0.25) is 0 Å². The molecule has 0 fully saturated rings. The van der Waals surface area contributed by atoms with Crippen LogP contribution in [0, 0.1) is 11.6 Å². The minimum absolute atomic E-state index is 0.0176. The fourth-order valence-corrected chi connectivity index (χ4v) is 1.67. The van der Waals surface area contributed by atoms with E-state index in [4.69, 9.17) is 0 Å². The summed E-state index contributed by atoms with van der Waals surface area (Å²) in [5, 5.41) is 21.5. The van der Waals surface area contributed by atoms with Gasteiger partial charge in [-0.15, -0.1) is 10.2 Å². The van der Waals surface area contributed by atoms with Gasteiger partial charge in [-0.1, -0.05) is 0 Å². The van der Waals surface area contributed by atoms with Crippen molar-refractivity contribution in [1.82, 2.24) is 20.2 Å². The lowest BCUT2D eigenvalue weighted by atomic mass is 9.92. The first-order chi connectivity index (χ1) is 8.37. The number of tetrazole rings is 1. The Labute approximate surface area is 102 Å². The third-order valence-corrected chi connectivity index (χ3v) is 2.54. The molecule has 1 N–H and O–H groups in total. The molecule has 0 radical (unpaired) electrons. The lowest BCUT2D eigenvalue weighted by Crippen LogP contribution is -2.25. The summed E-state index contributed by atoms with van der Waals surface area (Å²) < 4.78 is 26.2. The van der Waals surface area contributed by atoms with E-state index < -0.39 is 17.2 Å². The number of nitrogens with zero attached hydrogens (tertiary/aromatic N) is 4. The van der Waals surface area contributed by atoms with E-state index in [2.05, 4.69) is 15.4 Å². The van der Waals surface area contributed by atoms with Crippen molar-refractivity contribution >= 4 is 0 Å². The molecular weight excluding hydrogens is 242 g/mol. The van der Waals surface area contributed by atoms with Crippen LogP contribution in [0.1, 0.15) is 18.3 Å². The molecule has 1 unspecified atom stereocenters. The summed E-state index contributed by atoms with van der Waals surface area (Å²) in [6.07, 6.45) is 0.0176. The normalized spacial score (nSPS) is 14.5. The molecule has 2 aromatic rings. The van der Waals surface area contributed by atoms with Crippen LogP contribution in [0.3, 0.4) is 0 Å². The minimum Gasteiger partial charge on any atom is -0.385 e. The molecule has 0 saturated carbocycles. The van der Waals surface area contributed by atoms with Gasteiger partial charge in [-0.3, -0.25) is 0 Å². The Morgan fingerprint density at radius 1 is 1.28 bits per heavy atom. The Morgan fingerprint density at radius 3 is 2.39 bits per heavy atom. The van der Waals surface area contributed by atoms with Gasteiger partial charge in [-0.2, -0.15) is 4.80 Å². The number of rotatable bonds is 3. The van der Waals surface area contributed by atoms with Crippen molar-refractivity contribution in [3.05, 3.63) is 41.2 Å². The molecule has 2 rings (SSSR count). The zero-order valence-corrected chi connectivity index (χ0v) is 9.93. The quantitative estimate of drug-likeness (QED) is 0.885. The molecule has 1 heterocycles. The number of hydrogen-bond acceptors (Lipinski definition) is 4. The van der Waals surface area contributed by atoms with Gasteiger partial charge in [0, 0.05) is 12.5 Å². The minimum atomic E-state index is -1.47. The van der Waals surface area contributed by atoms with Crippen LogP contribution >= 0.6 is 0 Å². The fourth-order valence-electron chi connectivity index (χ4n) is 1.67. The van der Waals surface area contributed by atoms with Gasteiger partial charge in [0.25, 0.3) is 0 Å². The lowest BCUT2D eigenvalue weighted by Gasteiger charge is -2.22. The standard InChI is InChI=1S/C11H12F2N4O/c1-11(18,6-10-14-16-17(2)15-10)7-3-8(12)5-9(13)4-7/h3-5,18H,6H2,1-2H3. The maximum Gasteiger partial charge on any atom is 0.178 e. The highest BCUT2D eigenvalue weighted by atomic mass is 19.1. The molecular formula is C11H12F2N4O. The van der Waals surface area contributed by atoms with E-state index >= 15 is 0 Å². The molecule has 18 heavy (non-hydrogen) atoms. The van der Waals surface area contributed by atoms with Crippen LogP contribution in [0.15, 0.2) is 18.2 Å². The molecule has 0 spiro atoms. The second kappa shape index (κ2) is 4.41. The first-order valence-corrected chi connectivity index (χ1v) is 5.29. The predicted octanol–water partition coefficient (Wildman–Crippen LogP) is 0.939. The SMILES string of the molecule is Cn1nnc(CC(C)(O)c2cc(F)cc(F)c2)n1. The molecule has 0 aliphatic carbocycles. The van der Waals surface area contributed by atoms with Crippen molar-refractivity contribution in [1.29, 1.82) is 0 Å². The fraction of sp³-hybridized carbons (Fsp3) is 0.364. The number of aliphatic hydroxyl groups is 1. The number of hydrogen-bond donors (Lipinski definition) is 1. The topological polar surface area (TPSA) is 63.8 Å². The third-order valence-electron chi connectivity index (χ3n) is 2.54. The van der Waals surface area contributed by atoms with E-state index in [9.17, 15) is 13.9 Å². The second-order valence-electron chi connectivity index (χ2n) is 4.30. The molecule has 96 valence electrons. The van der Waals surface area contributed by atoms with E-state index in [0.717, 1.165) is 18.2 Å². The van der Waals surface area contributed by atoms with Crippen molar-refractivity contribution in [3.8, 4) is 0 Å². The molecule has 1 aromatic carbocycles. The molecule has 1 aromatic heterocycles. The molecule has 0 aliphatic rings. The Hall–Kier alpha value is -1.89. The number of aromatic nitrogens is 4. The van der Waals surface area contributed by atoms with E-state index in [1.165, 1.54) is 11.7 Å². The van der Waals surface area contributed by atoms with Crippen molar-refractivity contribution in [2.45, 2.75) is 18.9 Å². The molecule has 0 bridgehead atoms. The van der Waals surface area contributed by atoms with Crippen LogP contribution in [0.4, 0.5) is 8.78 Å². The van der Waals surface area contributed by atoms with Crippen molar-refractivity contribution in [3.63, 3.8) is 0 Å². The Morgan fingerprint density at radius 2 is 1.89 bits per heavy atom. The monoisotopic (exact) mass is 254 g/mol. The van der Waals surface area contributed by atoms with Gasteiger partial charge in [-0.25, -0.2) is 8.78 Å². The van der Waals surface area contributed by atoms with E-state index in [-0.39, 0.29) is 12.0 Å². The first kappa shape index (κ1) is 12.6. The summed E-state index contributed by atoms with van der Waals surface area (Å²) in [7, 11) is 1.59. The molecule has 7 heteroatoms. The smallest absolute Gasteiger partial charge is 0.178 e. The number of benzene rings is 1. The van der Waals surface area contributed by atoms with Crippen LogP contribution in [-0.4, -0.2) is 25.3 Å². The molecule has 5 nitrogen and oxygen atoms in total. The highest BCUT2D eigenvalue weighted by molar-refractivity contribution is 5.24. The van der Waals surface area contributed by atoms with Gasteiger partial charge in [0.15, 0.2) is 5.82 Å². The van der Waals surface area contributed by atoms with Crippen LogP contribution in [0.5, 0.6) is 0 Å². The largest absolute Gasteiger partial charge is 0.385 e. The average molecular weight is 254 g/mol. The number of halogens is 2. The van der Waals surface area contributed by atoms with Gasteiger partial charge in [0.1, 0.15) is 11.6 Å². The first-order valence-electron chi connectivity index (χ1n) is 5.29. The van der Waals surface area contributed by atoms with Gasteiger partial charge in [-0.05, 0) is 29.8 Å². The molecule has 0 amide bonds. The zero-order chi connectivity index (χ0) is 13.3. The Kier molecular flexibility index (Phi) is 3.08. The van der Waals surface area contributed by atoms with Crippen LogP contribution in [0.2, 0.25) is 0 Å². The Bertz CT molecular complexity index is 548. The van der Waals surface area contributed by atoms with Crippen LogP contribution < -0.4 is 0 Å². The summed E-state index contributed by atoms with van der Waals surface area (Å²) in [6.45, 7) is 1.44. The summed E-state index contributed by atoms with van der Waals surface area (Å²) in [4.78, 5) is 1.25. The Balaban J connectivity index is 2.29. The summed E-state index contributed by atoms with van der Waals surface area (Å²) >= 11 is 0. The van der Waals surface area contributed by atoms with E-state index in [0.29, 0.717) is 5.82 Å². The van der Waals surface area contributed by atoms with Gasteiger partial charge >= 0.3 is 0 Å². The van der Waals surface area contributed by atoms with E-state index in [1.54, 1.807) is 7.05 Å². The van der Waals surface area contributed by atoms with Gasteiger partial charge in [0.05, 0.1) is 12.6 Å². The summed E-state index contributed by atoms with van der Waals surface area (Å²) in [5.74, 6) is -1.18. The highest BCUT2D eigenvalue weighted by Gasteiger charge is 2.27. The highest BCUT2D eigenvalue weighted by Crippen LogP contribution is 2.25. The zero-order valence-electron chi connectivity index (χ0n) is 9.93. The number of aryl methyl sites for hydroxylation is 1. The third kappa shape index (κ3) is 2.67. The van der Waals surface area contributed by atoms with Crippen LogP contribution in [-0.2, 0) is 19.1 Å². The summed E-state index contributed by atoms with van der Waals surface area (Å²) in [5.41, 5.74) is -1.33. The van der Waals surface area contributed by atoms with Gasteiger partial charge < -0.3 is 5.11 Å². The van der Waals surface area contributed by atoms with Crippen molar-refractivity contribution < 1.29 is 13.9 Å². The van der Waals surface area contributed by atoms with Crippen molar-refractivity contribution in [2.24, 2.45) is 7.05 Å². The summed E-state index contributed by atoms with van der Waals surface area (Å²) in [6, 6.07) is 2.92. The van der Waals surface area contributed by atoms with Crippen LogP contribution in [0.25, 0.3) is 0 Å². The second-order valence-corrected chi connectivity index (χ2v) is 4.30. The maximum atomic E-state index is 13.1. The van der Waals surface area contributed by atoms with E-state index in [1.807, 2.05) is 0 Å². The average Bonchev–Trinajstić information content (AvgIpc) is 2.61. The lowest BCUT2D eigenvalue weighted by molar-refractivity contribution is 0.0547. The predicted molar refractivity (Wildman–Crippen MR) is 58.4 cm³/mol.